The molecule has 0 saturated carbocycles. The highest BCUT2D eigenvalue weighted by molar-refractivity contribution is 7.87. The summed E-state index contributed by atoms with van der Waals surface area (Å²) in [7, 11) is -3.50. The Morgan fingerprint density at radius 1 is 1.23 bits per heavy atom. The van der Waals surface area contributed by atoms with Gasteiger partial charge in [-0.15, -0.1) is 11.3 Å². The van der Waals surface area contributed by atoms with Gasteiger partial charge in [-0.05, 0) is 57.1 Å². The predicted octanol–water partition coefficient (Wildman–Crippen LogP) is 2.46. The van der Waals surface area contributed by atoms with E-state index in [-0.39, 0.29) is 18.2 Å². The first-order valence-electron chi connectivity index (χ1n) is 9.53. The Balaban J connectivity index is 1.67. The number of likely N-dealkylation sites (tertiary alicyclic amines) is 1. The molecule has 2 aliphatic rings. The largest absolute Gasteiger partial charge is 0.373 e. The van der Waals surface area contributed by atoms with Crippen molar-refractivity contribution in [1.82, 2.24) is 13.9 Å². The number of thiophene rings is 1. The van der Waals surface area contributed by atoms with Crippen LogP contribution in [-0.4, -0.2) is 62.6 Å². The Labute approximate surface area is 161 Å². The summed E-state index contributed by atoms with van der Waals surface area (Å²) in [5, 5.41) is 2.06. The fourth-order valence-electron chi connectivity index (χ4n) is 3.83. The monoisotopic (exact) mass is 401 g/mol. The molecule has 1 N–H and O–H groups in total. The molecule has 2 aliphatic heterocycles. The second-order valence-electron chi connectivity index (χ2n) is 7.68. The maximum Gasteiger partial charge on any atom is 0.279 e. The lowest BCUT2D eigenvalue weighted by atomic mass is 9.97. The highest BCUT2D eigenvalue weighted by Gasteiger charge is 2.32. The number of piperidine rings is 1. The molecule has 148 valence electrons. The van der Waals surface area contributed by atoms with Crippen molar-refractivity contribution in [2.24, 2.45) is 5.92 Å². The minimum atomic E-state index is -3.50. The SMILES string of the molecule is CC1CCN([C@H](CNS(=O)(=O)N2C[C@@H](C)O[C@H](C)C2)c2cccs2)CC1. The predicted molar refractivity (Wildman–Crippen MR) is 106 cm³/mol. The molecule has 8 heteroatoms. The van der Waals surface area contributed by atoms with Gasteiger partial charge >= 0.3 is 0 Å². The third kappa shape index (κ3) is 5.05. The molecule has 0 amide bonds. The maximum atomic E-state index is 12.8. The first kappa shape index (κ1) is 20.2. The number of morpholine rings is 1. The third-order valence-electron chi connectivity index (χ3n) is 5.32. The Morgan fingerprint density at radius 3 is 2.46 bits per heavy atom. The fraction of sp³-hybridized carbons (Fsp3) is 0.778. The van der Waals surface area contributed by atoms with Crippen LogP contribution < -0.4 is 4.72 Å². The Kier molecular flexibility index (Phi) is 6.74. The van der Waals surface area contributed by atoms with Crippen LogP contribution in [0.2, 0.25) is 0 Å². The molecule has 0 radical (unpaired) electrons. The summed E-state index contributed by atoms with van der Waals surface area (Å²) >= 11 is 1.70. The minimum absolute atomic E-state index is 0.0769. The van der Waals surface area contributed by atoms with E-state index in [0.29, 0.717) is 19.6 Å². The number of ether oxygens (including phenoxy) is 1. The van der Waals surface area contributed by atoms with Gasteiger partial charge in [0.1, 0.15) is 0 Å². The molecule has 3 atom stereocenters. The molecule has 3 heterocycles. The van der Waals surface area contributed by atoms with Gasteiger partial charge in [-0.25, -0.2) is 4.72 Å². The van der Waals surface area contributed by atoms with Crippen LogP contribution in [0.3, 0.4) is 0 Å². The number of hydrogen-bond acceptors (Lipinski definition) is 5. The summed E-state index contributed by atoms with van der Waals surface area (Å²) in [5.41, 5.74) is 0. The van der Waals surface area contributed by atoms with Crippen LogP contribution in [0.4, 0.5) is 0 Å². The van der Waals surface area contributed by atoms with E-state index in [1.807, 2.05) is 19.9 Å². The number of nitrogens with zero attached hydrogens (tertiary/aromatic N) is 2. The molecule has 26 heavy (non-hydrogen) atoms. The summed E-state index contributed by atoms with van der Waals surface area (Å²) in [5.74, 6) is 0.753. The average Bonchev–Trinajstić information content (AvgIpc) is 3.10. The fourth-order valence-corrected chi connectivity index (χ4v) is 6.06. The molecule has 0 bridgehead atoms. The van der Waals surface area contributed by atoms with Gasteiger partial charge < -0.3 is 4.74 Å². The van der Waals surface area contributed by atoms with Gasteiger partial charge in [-0.1, -0.05) is 13.0 Å². The van der Waals surface area contributed by atoms with Gasteiger partial charge in [0.15, 0.2) is 0 Å². The lowest BCUT2D eigenvalue weighted by Crippen LogP contribution is -2.53. The van der Waals surface area contributed by atoms with E-state index in [4.69, 9.17) is 4.74 Å². The standard InChI is InChI=1S/C18H31N3O3S2/c1-14-6-8-20(9-7-14)17(18-5-4-10-25-18)11-19-26(22,23)21-12-15(2)24-16(3)13-21/h4-5,10,14-17,19H,6-9,11-13H2,1-3H3/t15-,16-,17-/m1/s1. The molecule has 0 unspecified atom stereocenters. The van der Waals surface area contributed by atoms with E-state index < -0.39 is 10.2 Å². The van der Waals surface area contributed by atoms with E-state index in [1.165, 1.54) is 22.0 Å². The van der Waals surface area contributed by atoms with Crippen LogP contribution in [0.25, 0.3) is 0 Å². The second kappa shape index (κ2) is 8.67. The molecule has 0 aliphatic carbocycles. The Hall–Kier alpha value is -0.510. The van der Waals surface area contributed by atoms with E-state index in [9.17, 15) is 8.42 Å². The first-order chi connectivity index (χ1) is 12.3. The van der Waals surface area contributed by atoms with Crippen LogP contribution in [0, 0.1) is 5.92 Å². The van der Waals surface area contributed by atoms with Crippen molar-refractivity contribution in [3.63, 3.8) is 0 Å². The minimum Gasteiger partial charge on any atom is -0.373 e. The first-order valence-corrected chi connectivity index (χ1v) is 11.8. The lowest BCUT2D eigenvalue weighted by Gasteiger charge is -2.37. The van der Waals surface area contributed by atoms with Crippen molar-refractivity contribution in [2.75, 3.05) is 32.7 Å². The van der Waals surface area contributed by atoms with E-state index >= 15 is 0 Å². The van der Waals surface area contributed by atoms with Gasteiger partial charge in [-0.3, -0.25) is 4.90 Å². The van der Waals surface area contributed by atoms with Crippen molar-refractivity contribution in [3.8, 4) is 0 Å². The molecular formula is C18H31N3O3S2. The summed E-state index contributed by atoms with van der Waals surface area (Å²) in [6.45, 7) is 9.41. The highest BCUT2D eigenvalue weighted by Crippen LogP contribution is 2.29. The quantitative estimate of drug-likeness (QED) is 0.795. The van der Waals surface area contributed by atoms with E-state index in [2.05, 4.69) is 28.0 Å². The second-order valence-corrected chi connectivity index (χ2v) is 10.4. The number of rotatable bonds is 6. The van der Waals surface area contributed by atoms with Crippen LogP contribution in [-0.2, 0) is 14.9 Å². The van der Waals surface area contributed by atoms with Crippen molar-refractivity contribution >= 4 is 21.5 Å². The summed E-state index contributed by atoms with van der Waals surface area (Å²) < 4.78 is 35.7. The van der Waals surface area contributed by atoms with E-state index in [1.54, 1.807) is 11.3 Å². The molecule has 3 rings (SSSR count). The Morgan fingerprint density at radius 2 is 1.88 bits per heavy atom. The van der Waals surface area contributed by atoms with Gasteiger partial charge in [0.05, 0.1) is 18.2 Å². The van der Waals surface area contributed by atoms with Crippen molar-refractivity contribution in [3.05, 3.63) is 22.4 Å². The molecule has 0 spiro atoms. The lowest BCUT2D eigenvalue weighted by molar-refractivity contribution is -0.0444. The third-order valence-corrected chi connectivity index (χ3v) is 7.80. The van der Waals surface area contributed by atoms with Gasteiger partial charge in [0.25, 0.3) is 10.2 Å². The van der Waals surface area contributed by atoms with Crippen molar-refractivity contribution in [1.29, 1.82) is 0 Å². The molecule has 1 aromatic rings. The zero-order valence-electron chi connectivity index (χ0n) is 15.9. The van der Waals surface area contributed by atoms with Crippen LogP contribution in [0.1, 0.15) is 44.5 Å². The zero-order valence-corrected chi connectivity index (χ0v) is 17.6. The highest BCUT2D eigenvalue weighted by atomic mass is 32.2. The summed E-state index contributed by atoms with van der Waals surface area (Å²) in [4.78, 5) is 3.66. The van der Waals surface area contributed by atoms with Gasteiger partial charge in [0.2, 0.25) is 0 Å². The zero-order chi connectivity index (χ0) is 18.7. The number of nitrogens with one attached hydrogen (secondary N) is 1. The van der Waals surface area contributed by atoms with Gasteiger partial charge in [-0.2, -0.15) is 12.7 Å². The van der Waals surface area contributed by atoms with E-state index in [0.717, 1.165) is 19.0 Å². The smallest absolute Gasteiger partial charge is 0.279 e. The van der Waals surface area contributed by atoms with Crippen LogP contribution in [0.5, 0.6) is 0 Å². The molecule has 0 aromatic carbocycles. The van der Waals surface area contributed by atoms with Crippen molar-refractivity contribution < 1.29 is 13.2 Å². The average molecular weight is 402 g/mol. The molecule has 6 nitrogen and oxygen atoms in total. The van der Waals surface area contributed by atoms with Crippen LogP contribution >= 0.6 is 11.3 Å². The van der Waals surface area contributed by atoms with Gasteiger partial charge in [0, 0.05) is 24.5 Å². The molecule has 1 aromatic heterocycles. The summed E-state index contributed by atoms with van der Waals surface area (Å²) in [6.07, 6.45) is 2.19. The van der Waals surface area contributed by atoms with Crippen molar-refractivity contribution in [2.45, 2.75) is 51.9 Å². The molecule has 2 fully saturated rings. The molecule has 2 saturated heterocycles. The normalized spacial score (nSPS) is 28.3. The maximum absolute atomic E-state index is 12.8. The topological polar surface area (TPSA) is 61.9 Å². The molecular weight excluding hydrogens is 370 g/mol. The number of hydrogen-bond donors (Lipinski definition) is 1. The Bertz CT molecular complexity index is 647. The summed E-state index contributed by atoms with van der Waals surface area (Å²) in [6, 6.07) is 4.26. The van der Waals surface area contributed by atoms with Crippen LogP contribution in [0.15, 0.2) is 17.5 Å².